The molecule has 2 heterocycles. The van der Waals surface area contributed by atoms with Gasteiger partial charge in [0.25, 0.3) is 0 Å². The van der Waals surface area contributed by atoms with Crippen LogP contribution >= 0.6 is 11.3 Å². The summed E-state index contributed by atoms with van der Waals surface area (Å²) in [5, 5.41) is 9.78. The Kier molecular flexibility index (Phi) is 3.53. The Morgan fingerprint density at radius 3 is 3.27 bits per heavy atom. The lowest BCUT2D eigenvalue weighted by Gasteiger charge is -2.33. The van der Waals surface area contributed by atoms with Crippen molar-refractivity contribution in [3.8, 4) is 0 Å². The van der Waals surface area contributed by atoms with Crippen LogP contribution in [0.3, 0.4) is 0 Å². The highest BCUT2D eigenvalue weighted by Gasteiger charge is 2.22. The molecular weight excluding hydrogens is 214 g/mol. The van der Waals surface area contributed by atoms with Gasteiger partial charge in [0.15, 0.2) is 5.13 Å². The predicted octanol–water partition coefficient (Wildman–Crippen LogP) is -0.0816. The van der Waals surface area contributed by atoms with Crippen LogP contribution in [-0.4, -0.2) is 47.4 Å². The molecule has 1 aromatic rings. The monoisotopic (exact) mass is 229 g/mol. The molecular formula is C9H15N3O2S. The highest BCUT2D eigenvalue weighted by Crippen LogP contribution is 2.18. The summed E-state index contributed by atoms with van der Waals surface area (Å²) >= 11 is 1.50. The molecule has 1 aromatic heterocycles. The molecule has 84 valence electrons. The minimum atomic E-state index is 0.0991. The number of nitrogens with two attached hydrogens (primary N) is 1. The van der Waals surface area contributed by atoms with E-state index in [9.17, 15) is 5.11 Å². The normalized spacial score (nSPS) is 23.1. The summed E-state index contributed by atoms with van der Waals surface area (Å²) < 4.78 is 5.31. The maximum absolute atomic E-state index is 9.19. The number of hydrogen-bond acceptors (Lipinski definition) is 6. The molecule has 15 heavy (non-hydrogen) atoms. The molecule has 5 nitrogen and oxygen atoms in total. The number of nitrogens with zero attached hydrogens (tertiary/aromatic N) is 2. The average molecular weight is 229 g/mol. The van der Waals surface area contributed by atoms with Crippen molar-refractivity contribution >= 4 is 16.5 Å². The molecule has 0 radical (unpaired) electrons. The topological polar surface area (TPSA) is 71.6 Å². The molecule has 1 fully saturated rings. The second kappa shape index (κ2) is 4.89. The van der Waals surface area contributed by atoms with Crippen LogP contribution < -0.4 is 5.73 Å². The Balaban J connectivity index is 1.97. The van der Waals surface area contributed by atoms with Crippen molar-refractivity contribution in [2.24, 2.45) is 0 Å². The first kappa shape index (κ1) is 10.8. The van der Waals surface area contributed by atoms with Gasteiger partial charge in [-0.05, 0) is 0 Å². The van der Waals surface area contributed by atoms with Crippen molar-refractivity contribution < 1.29 is 9.84 Å². The van der Waals surface area contributed by atoms with E-state index in [1.54, 1.807) is 6.20 Å². The lowest BCUT2D eigenvalue weighted by molar-refractivity contribution is -0.0308. The second-order valence-electron chi connectivity index (χ2n) is 3.55. The third kappa shape index (κ3) is 2.66. The Morgan fingerprint density at radius 2 is 2.60 bits per heavy atom. The van der Waals surface area contributed by atoms with Crippen LogP contribution in [0.15, 0.2) is 6.20 Å². The van der Waals surface area contributed by atoms with Gasteiger partial charge >= 0.3 is 0 Å². The van der Waals surface area contributed by atoms with E-state index in [1.807, 2.05) is 0 Å². The van der Waals surface area contributed by atoms with Crippen LogP contribution in [0, 0.1) is 0 Å². The molecule has 1 unspecified atom stereocenters. The van der Waals surface area contributed by atoms with E-state index in [0.29, 0.717) is 11.7 Å². The fourth-order valence-corrected chi connectivity index (χ4v) is 2.37. The average Bonchev–Trinajstić information content (AvgIpc) is 2.65. The van der Waals surface area contributed by atoms with Gasteiger partial charge in [-0.3, -0.25) is 4.90 Å². The molecule has 0 amide bonds. The minimum absolute atomic E-state index is 0.0991. The van der Waals surface area contributed by atoms with E-state index < -0.39 is 0 Å². The number of morpholine rings is 1. The first-order valence-corrected chi connectivity index (χ1v) is 5.74. The summed E-state index contributed by atoms with van der Waals surface area (Å²) in [5.74, 6) is 0. The molecule has 1 atom stereocenters. The van der Waals surface area contributed by atoms with Gasteiger partial charge in [0.2, 0.25) is 0 Å². The SMILES string of the molecule is Nc1ncc(CN2CCOCC2CO)s1. The Labute approximate surface area is 92.5 Å². The van der Waals surface area contributed by atoms with Gasteiger partial charge in [0.05, 0.1) is 25.9 Å². The summed E-state index contributed by atoms with van der Waals surface area (Å²) in [7, 11) is 0. The molecule has 1 aliphatic heterocycles. The molecule has 0 spiro atoms. The number of rotatable bonds is 3. The number of thiazole rings is 1. The zero-order chi connectivity index (χ0) is 10.7. The smallest absolute Gasteiger partial charge is 0.180 e. The fourth-order valence-electron chi connectivity index (χ4n) is 1.66. The number of ether oxygens (including phenoxy) is 1. The summed E-state index contributed by atoms with van der Waals surface area (Å²) in [6.07, 6.45) is 1.80. The van der Waals surface area contributed by atoms with E-state index in [2.05, 4.69) is 9.88 Å². The van der Waals surface area contributed by atoms with Gasteiger partial charge in [0, 0.05) is 24.2 Å². The Hall–Kier alpha value is -0.690. The summed E-state index contributed by atoms with van der Waals surface area (Å²) in [4.78, 5) is 7.35. The van der Waals surface area contributed by atoms with E-state index in [4.69, 9.17) is 10.5 Å². The van der Waals surface area contributed by atoms with Crippen molar-refractivity contribution in [3.05, 3.63) is 11.1 Å². The highest BCUT2D eigenvalue weighted by atomic mass is 32.1. The lowest BCUT2D eigenvalue weighted by Crippen LogP contribution is -2.46. The standard InChI is InChI=1S/C9H15N3O2S/c10-9-11-3-8(15-9)4-12-1-2-14-6-7(12)5-13/h3,7,13H,1-2,4-6H2,(H2,10,11). The molecule has 2 rings (SSSR count). The Morgan fingerprint density at radius 1 is 1.73 bits per heavy atom. The van der Waals surface area contributed by atoms with E-state index in [1.165, 1.54) is 11.3 Å². The molecule has 1 saturated heterocycles. The largest absolute Gasteiger partial charge is 0.395 e. The van der Waals surface area contributed by atoms with Crippen molar-refractivity contribution in [2.45, 2.75) is 12.6 Å². The van der Waals surface area contributed by atoms with Gasteiger partial charge in [-0.2, -0.15) is 0 Å². The molecule has 1 aliphatic rings. The zero-order valence-corrected chi connectivity index (χ0v) is 9.24. The van der Waals surface area contributed by atoms with Crippen molar-refractivity contribution in [2.75, 3.05) is 32.1 Å². The number of aliphatic hydroxyl groups is 1. The third-order valence-corrected chi connectivity index (χ3v) is 3.30. The zero-order valence-electron chi connectivity index (χ0n) is 8.43. The van der Waals surface area contributed by atoms with Gasteiger partial charge < -0.3 is 15.6 Å². The number of aromatic nitrogens is 1. The summed E-state index contributed by atoms with van der Waals surface area (Å²) in [5.41, 5.74) is 5.57. The van der Waals surface area contributed by atoms with E-state index in [-0.39, 0.29) is 12.6 Å². The van der Waals surface area contributed by atoms with Crippen molar-refractivity contribution in [1.82, 2.24) is 9.88 Å². The van der Waals surface area contributed by atoms with Crippen LogP contribution in [0.1, 0.15) is 4.88 Å². The first-order valence-electron chi connectivity index (χ1n) is 4.92. The number of hydrogen-bond donors (Lipinski definition) is 2. The van der Waals surface area contributed by atoms with Gasteiger partial charge in [0.1, 0.15) is 0 Å². The summed E-state index contributed by atoms with van der Waals surface area (Å²) in [6, 6.07) is 0.0991. The quantitative estimate of drug-likeness (QED) is 0.758. The molecule has 0 bridgehead atoms. The Bertz CT molecular complexity index is 318. The third-order valence-electron chi connectivity index (χ3n) is 2.49. The van der Waals surface area contributed by atoms with Gasteiger partial charge in [-0.15, -0.1) is 11.3 Å². The molecule has 0 saturated carbocycles. The second-order valence-corrected chi connectivity index (χ2v) is 4.69. The predicted molar refractivity (Wildman–Crippen MR) is 58.6 cm³/mol. The van der Waals surface area contributed by atoms with Crippen LogP contribution in [-0.2, 0) is 11.3 Å². The van der Waals surface area contributed by atoms with Crippen LogP contribution in [0.4, 0.5) is 5.13 Å². The number of anilines is 1. The first-order chi connectivity index (χ1) is 7.29. The van der Waals surface area contributed by atoms with E-state index >= 15 is 0 Å². The molecule has 3 N–H and O–H groups in total. The fraction of sp³-hybridized carbons (Fsp3) is 0.667. The highest BCUT2D eigenvalue weighted by molar-refractivity contribution is 7.15. The summed E-state index contributed by atoms with van der Waals surface area (Å²) in [6.45, 7) is 3.11. The molecule has 6 heteroatoms. The number of nitrogen functional groups attached to an aromatic ring is 1. The van der Waals surface area contributed by atoms with Crippen molar-refractivity contribution in [3.63, 3.8) is 0 Å². The van der Waals surface area contributed by atoms with Gasteiger partial charge in [-0.1, -0.05) is 0 Å². The molecule has 0 aromatic carbocycles. The van der Waals surface area contributed by atoms with Crippen LogP contribution in [0.2, 0.25) is 0 Å². The lowest BCUT2D eigenvalue weighted by atomic mass is 10.2. The van der Waals surface area contributed by atoms with E-state index in [0.717, 1.165) is 24.6 Å². The van der Waals surface area contributed by atoms with Crippen LogP contribution in [0.5, 0.6) is 0 Å². The van der Waals surface area contributed by atoms with Crippen molar-refractivity contribution in [1.29, 1.82) is 0 Å². The molecule has 0 aliphatic carbocycles. The minimum Gasteiger partial charge on any atom is -0.395 e. The van der Waals surface area contributed by atoms with Crippen LogP contribution in [0.25, 0.3) is 0 Å². The number of aliphatic hydroxyl groups excluding tert-OH is 1. The van der Waals surface area contributed by atoms with Gasteiger partial charge in [-0.25, -0.2) is 4.98 Å². The maximum atomic E-state index is 9.19. The maximum Gasteiger partial charge on any atom is 0.180 e.